The van der Waals surface area contributed by atoms with Crippen LogP contribution in [0.2, 0.25) is 0 Å². The molecule has 2 heterocycles. The predicted molar refractivity (Wildman–Crippen MR) is 126 cm³/mol. The number of hydrogen-bond donors (Lipinski definition) is 1. The van der Waals surface area contributed by atoms with E-state index in [0.717, 1.165) is 30.7 Å². The van der Waals surface area contributed by atoms with E-state index in [1.165, 1.54) is 0 Å². The van der Waals surface area contributed by atoms with E-state index in [-0.39, 0.29) is 6.61 Å². The molecule has 1 aromatic carbocycles. The van der Waals surface area contributed by atoms with Crippen LogP contribution < -0.4 is 19.5 Å². The fraction of sp³-hybridized carbons (Fsp3) is 0.520. The predicted octanol–water partition coefficient (Wildman–Crippen LogP) is 4.04. The monoisotopic (exact) mass is 457 g/mol. The summed E-state index contributed by atoms with van der Waals surface area (Å²) in [6, 6.07) is 11.6. The van der Waals surface area contributed by atoms with E-state index in [1.54, 1.807) is 24.3 Å². The van der Waals surface area contributed by atoms with Gasteiger partial charge in [-0.25, -0.2) is 9.78 Å². The SMILES string of the molecule is COc1ccc(CN(CCOc2cccnc2OC[C@H]2CCCN2)C(=O)OC(C)(C)C)cc1. The Morgan fingerprint density at radius 1 is 1.18 bits per heavy atom. The average Bonchev–Trinajstić information content (AvgIpc) is 3.31. The first-order valence-corrected chi connectivity index (χ1v) is 11.4. The van der Waals surface area contributed by atoms with E-state index in [9.17, 15) is 4.79 Å². The summed E-state index contributed by atoms with van der Waals surface area (Å²) >= 11 is 0. The van der Waals surface area contributed by atoms with Crippen molar-refractivity contribution in [3.63, 3.8) is 0 Å². The molecule has 8 heteroatoms. The molecule has 1 amide bonds. The van der Waals surface area contributed by atoms with Crippen LogP contribution in [0.1, 0.15) is 39.2 Å². The van der Waals surface area contributed by atoms with Crippen LogP contribution in [0, 0.1) is 0 Å². The van der Waals surface area contributed by atoms with Crippen LogP contribution in [-0.2, 0) is 11.3 Å². The number of carbonyl (C=O) groups excluding carboxylic acids is 1. The van der Waals surface area contributed by atoms with Gasteiger partial charge in [0, 0.05) is 18.8 Å². The van der Waals surface area contributed by atoms with Crippen molar-refractivity contribution >= 4 is 6.09 Å². The van der Waals surface area contributed by atoms with Gasteiger partial charge in [0.05, 0.1) is 13.7 Å². The molecule has 1 aliphatic rings. The third-order valence-electron chi connectivity index (χ3n) is 5.12. The van der Waals surface area contributed by atoms with Crippen LogP contribution in [0.25, 0.3) is 0 Å². The molecule has 0 bridgehead atoms. The highest BCUT2D eigenvalue weighted by Gasteiger charge is 2.23. The van der Waals surface area contributed by atoms with Gasteiger partial charge in [0.15, 0.2) is 5.75 Å². The zero-order valence-corrected chi connectivity index (χ0v) is 20.0. The molecule has 1 saturated heterocycles. The molecule has 0 radical (unpaired) electrons. The number of nitrogens with zero attached hydrogens (tertiary/aromatic N) is 2. The smallest absolute Gasteiger partial charge is 0.410 e. The van der Waals surface area contributed by atoms with E-state index in [0.29, 0.717) is 37.4 Å². The molecule has 0 unspecified atom stereocenters. The van der Waals surface area contributed by atoms with Crippen molar-refractivity contribution in [2.45, 2.75) is 51.8 Å². The number of amides is 1. The van der Waals surface area contributed by atoms with E-state index in [4.69, 9.17) is 18.9 Å². The minimum atomic E-state index is -0.589. The Morgan fingerprint density at radius 3 is 2.64 bits per heavy atom. The largest absolute Gasteiger partial charge is 0.497 e. The van der Waals surface area contributed by atoms with Gasteiger partial charge in [-0.15, -0.1) is 0 Å². The maximum Gasteiger partial charge on any atom is 0.410 e. The van der Waals surface area contributed by atoms with Crippen molar-refractivity contribution in [2.24, 2.45) is 0 Å². The van der Waals surface area contributed by atoms with Gasteiger partial charge < -0.3 is 29.2 Å². The normalized spacial score (nSPS) is 15.7. The number of pyridine rings is 1. The Hall–Kier alpha value is -3.00. The lowest BCUT2D eigenvalue weighted by Crippen LogP contribution is -2.38. The first-order valence-electron chi connectivity index (χ1n) is 11.4. The summed E-state index contributed by atoms with van der Waals surface area (Å²) in [6.45, 7) is 8.15. The highest BCUT2D eigenvalue weighted by atomic mass is 16.6. The standard InChI is InChI=1S/C25H35N3O5/c1-25(2,3)33-24(29)28(17-19-9-11-21(30-4)12-10-19)15-16-31-22-8-6-14-27-23(22)32-18-20-7-5-13-26-20/h6,8-12,14,20,26H,5,7,13,15-18H2,1-4H3/t20-/m1/s1. The molecule has 8 nitrogen and oxygen atoms in total. The molecule has 0 aliphatic carbocycles. The summed E-state index contributed by atoms with van der Waals surface area (Å²) in [6.07, 6.45) is 3.55. The van der Waals surface area contributed by atoms with Crippen molar-refractivity contribution in [1.82, 2.24) is 15.2 Å². The molecule has 33 heavy (non-hydrogen) atoms. The minimum absolute atomic E-state index is 0.277. The number of aromatic nitrogens is 1. The van der Waals surface area contributed by atoms with Gasteiger partial charge in [-0.2, -0.15) is 0 Å². The Balaban J connectivity index is 1.60. The fourth-order valence-electron chi connectivity index (χ4n) is 3.45. The van der Waals surface area contributed by atoms with Gasteiger partial charge >= 0.3 is 6.09 Å². The highest BCUT2D eigenvalue weighted by Crippen LogP contribution is 2.24. The molecule has 0 saturated carbocycles. The molecule has 1 aromatic heterocycles. The van der Waals surface area contributed by atoms with Crippen molar-refractivity contribution < 1.29 is 23.7 Å². The number of methoxy groups -OCH3 is 1. The Labute approximate surface area is 196 Å². The first kappa shape index (κ1) is 24.6. The summed E-state index contributed by atoms with van der Waals surface area (Å²) < 4.78 is 22.7. The van der Waals surface area contributed by atoms with Crippen molar-refractivity contribution in [2.75, 3.05) is 33.4 Å². The zero-order valence-electron chi connectivity index (χ0n) is 20.0. The molecule has 1 atom stereocenters. The Bertz CT molecular complexity index is 876. The summed E-state index contributed by atoms with van der Waals surface area (Å²) in [7, 11) is 1.63. The first-order chi connectivity index (χ1) is 15.8. The topological polar surface area (TPSA) is 82.2 Å². The van der Waals surface area contributed by atoms with Gasteiger partial charge in [0.25, 0.3) is 5.88 Å². The molecule has 1 aliphatic heterocycles. The lowest BCUT2D eigenvalue weighted by atomic mass is 10.2. The van der Waals surface area contributed by atoms with Crippen LogP contribution in [-0.4, -0.2) is 61.0 Å². The zero-order chi connectivity index (χ0) is 23.7. The van der Waals surface area contributed by atoms with Gasteiger partial charge in [-0.1, -0.05) is 12.1 Å². The second-order valence-corrected chi connectivity index (χ2v) is 9.01. The van der Waals surface area contributed by atoms with Crippen molar-refractivity contribution in [1.29, 1.82) is 0 Å². The Morgan fingerprint density at radius 2 is 1.97 bits per heavy atom. The van der Waals surface area contributed by atoms with E-state index >= 15 is 0 Å². The molecule has 3 rings (SSSR count). The summed E-state index contributed by atoms with van der Waals surface area (Å²) in [4.78, 5) is 18.8. The summed E-state index contributed by atoms with van der Waals surface area (Å²) in [5.74, 6) is 1.79. The van der Waals surface area contributed by atoms with E-state index < -0.39 is 11.7 Å². The van der Waals surface area contributed by atoms with Crippen LogP contribution in [0.4, 0.5) is 4.79 Å². The average molecular weight is 458 g/mol. The fourth-order valence-corrected chi connectivity index (χ4v) is 3.45. The van der Waals surface area contributed by atoms with Crippen molar-refractivity contribution in [3.8, 4) is 17.4 Å². The Kier molecular flexibility index (Phi) is 8.77. The molecule has 1 N–H and O–H groups in total. The van der Waals surface area contributed by atoms with Crippen LogP contribution >= 0.6 is 0 Å². The highest BCUT2D eigenvalue weighted by molar-refractivity contribution is 5.68. The molecular formula is C25H35N3O5. The van der Waals surface area contributed by atoms with Gasteiger partial charge in [-0.05, 0) is 70.0 Å². The molecule has 2 aromatic rings. The third-order valence-corrected chi connectivity index (χ3v) is 5.12. The number of nitrogens with one attached hydrogen (secondary N) is 1. The molecule has 0 spiro atoms. The molecule has 180 valence electrons. The van der Waals surface area contributed by atoms with Crippen molar-refractivity contribution in [3.05, 3.63) is 48.2 Å². The van der Waals surface area contributed by atoms with Crippen LogP contribution in [0.3, 0.4) is 0 Å². The maximum absolute atomic E-state index is 12.8. The molecular weight excluding hydrogens is 422 g/mol. The van der Waals surface area contributed by atoms with E-state index in [2.05, 4.69) is 10.3 Å². The summed E-state index contributed by atoms with van der Waals surface area (Å²) in [5, 5.41) is 3.41. The van der Waals surface area contributed by atoms with Gasteiger partial charge in [0.1, 0.15) is 24.6 Å². The van der Waals surface area contributed by atoms with E-state index in [1.807, 2.05) is 51.1 Å². The lowest BCUT2D eigenvalue weighted by molar-refractivity contribution is 0.0208. The number of carbonyl (C=O) groups is 1. The quantitative estimate of drug-likeness (QED) is 0.577. The second-order valence-electron chi connectivity index (χ2n) is 9.01. The number of rotatable bonds is 10. The molecule has 1 fully saturated rings. The van der Waals surface area contributed by atoms with Gasteiger partial charge in [0.2, 0.25) is 0 Å². The van der Waals surface area contributed by atoms with Gasteiger partial charge in [-0.3, -0.25) is 0 Å². The third kappa shape index (κ3) is 8.13. The number of ether oxygens (including phenoxy) is 4. The maximum atomic E-state index is 12.8. The summed E-state index contributed by atoms with van der Waals surface area (Å²) in [5.41, 5.74) is 0.380. The number of hydrogen-bond acceptors (Lipinski definition) is 7. The van der Waals surface area contributed by atoms with Crippen LogP contribution in [0.5, 0.6) is 17.4 Å². The minimum Gasteiger partial charge on any atom is -0.497 e. The second kappa shape index (κ2) is 11.7. The lowest BCUT2D eigenvalue weighted by Gasteiger charge is -2.27. The van der Waals surface area contributed by atoms with Crippen LogP contribution in [0.15, 0.2) is 42.6 Å². The number of benzene rings is 1.